The first kappa shape index (κ1) is 15.0. The van der Waals surface area contributed by atoms with Gasteiger partial charge in [-0.3, -0.25) is 4.79 Å². The average molecular weight is 274 g/mol. The Hall–Kier alpha value is -1.35. The van der Waals surface area contributed by atoms with Crippen molar-refractivity contribution < 1.29 is 4.79 Å². The van der Waals surface area contributed by atoms with Crippen LogP contribution in [0.2, 0.25) is 0 Å². The van der Waals surface area contributed by atoms with Gasteiger partial charge in [0.05, 0.1) is 6.04 Å². The summed E-state index contributed by atoms with van der Waals surface area (Å²) >= 11 is 0. The van der Waals surface area contributed by atoms with Crippen LogP contribution in [0.3, 0.4) is 0 Å². The van der Waals surface area contributed by atoms with Gasteiger partial charge in [0.15, 0.2) is 0 Å². The second kappa shape index (κ2) is 6.40. The standard InChI is InChI=1S/C17H26N2O/c1-17(2,3)13-19(12-14-8-5-4-6-9-14)16(20)15-10-7-11-18-15/h4-6,8-9,15,18H,7,10-13H2,1-3H3. The summed E-state index contributed by atoms with van der Waals surface area (Å²) in [6.45, 7) is 9.00. The lowest BCUT2D eigenvalue weighted by Gasteiger charge is -2.32. The van der Waals surface area contributed by atoms with Crippen LogP contribution >= 0.6 is 0 Å². The number of carbonyl (C=O) groups excluding carboxylic acids is 1. The number of carbonyl (C=O) groups is 1. The van der Waals surface area contributed by atoms with Crippen molar-refractivity contribution in [1.29, 1.82) is 0 Å². The van der Waals surface area contributed by atoms with Crippen LogP contribution < -0.4 is 5.32 Å². The van der Waals surface area contributed by atoms with Gasteiger partial charge in [-0.05, 0) is 30.4 Å². The van der Waals surface area contributed by atoms with E-state index in [9.17, 15) is 4.79 Å². The highest BCUT2D eigenvalue weighted by molar-refractivity contribution is 5.82. The number of amides is 1. The van der Waals surface area contributed by atoms with Gasteiger partial charge < -0.3 is 10.2 Å². The molecule has 20 heavy (non-hydrogen) atoms. The number of benzene rings is 1. The molecule has 1 heterocycles. The predicted octanol–water partition coefficient (Wildman–Crippen LogP) is 2.81. The van der Waals surface area contributed by atoms with E-state index in [1.165, 1.54) is 5.56 Å². The van der Waals surface area contributed by atoms with E-state index in [0.29, 0.717) is 6.54 Å². The monoisotopic (exact) mass is 274 g/mol. The minimum atomic E-state index is 0.0149. The molecule has 0 aliphatic carbocycles. The minimum Gasteiger partial charge on any atom is -0.336 e. The molecule has 1 saturated heterocycles. The van der Waals surface area contributed by atoms with Crippen LogP contribution in [0.25, 0.3) is 0 Å². The molecule has 0 saturated carbocycles. The third-order valence-corrected chi connectivity index (χ3v) is 3.55. The molecule has 3 heteroatoms. The first-order valence-electron chi connectivity index (χ1n) is 7.52. The van der Waals surface area contributed by atoms with E-state index < -0.39 is 0 Å². The lowest BCUT2D eigenvalue weighted by Crippen LogP contribution is -2.46. The van der Waals surface area contributed by atoms with E-state index in [-0.39, 0.29) is 17.4 Å². The summed E-state index contributed by atoms with van der Waals surface area (Å²) < 4.78 is 0. The summed E-state index contributed by atoms with van der Waals surface area (Å²) in [6, 6.07) is 10.3. The van der Waals surface area contributed by atoms with Crippen LogP contribution in [0.5, 0.6) is 0 Å². The van der Waals surface area contributed by atoms with Gasteiger partial charge in [0.2, 0.25) is 5.91 Å². The van der Waals surface area contributed by atoms with Gasteiger partial charge in [-0.15, -0.1) is 0 Å². The third kappa shape index (κ3) is 4.34. The van der Waals surface area contributed by atoms with Gasteiger partial charge in [0.1, 0.15) is 0 Å². The zero-order valence-electron chi connectivity index (χ0n) is 12.9. The zero-order chi connectivity index (χ0) is 14.6. The van der Waals surface area contributed by atoms with E-state index in [0.717, 1.165) is 25.9 Å². The molecule has 0 radical (unpaired) electrons. The first-order valence-corrected chi connectivity index (χ1v) is 7.52. The molecule has 1 unspecified atom stereocenters. The van der Waals surface area contributed by atoms with Crippen molar-refractivity contribution in [2.45, 2.75) is 46.2 Å². The van der Waals surface area contributed by atoms with E-state index in [1.807, 2.05) is 23.1 Å². The molecule has 2 rings (SSSR count). The topological polar surface area (TPSA) is 32.3 Å². The molecule has 0 aromatic heterocycles. The van der Waals surface area contributed by atoms with Crippen molar-refractivity contribution in [3.05, 3.63) is 35.9 Å². The summed E-state index contributed by atoms with van der Waals surface area (Å²) in [6.07, 6.45) is 2.07. The second-order valence-electron chi connectivity index (χ2n) is 6.89. The predicted molar refractivity (Wildman–Crippen MR) is 82.3 cm³/mol. The van der Waals surface area contributed by atoms with Crippen molar-refractivity contribution in [3.8, 4) is 0 Å². The second-order valence-corrected chi connectivity index (χ2v) is 6.89. The van der Waals surface area contributed by atoms with Crippen LogP contribution in [-0.4, -0.2) is 29.9 Å². The Morgan fingerprint density at radius 3 is 2.55 bits per heavy atom. The molecule has 1 aromatic carbocycles. The number of nitrogens with zero attached hydrogens (tertiary/aromatic N) is 1. The smallest absolute Gasteiger partial charge is 0.240 e. The van der Waals surface area contributed by atoms with Crippen molar-refractivity contribution >= 4 is 5.91 Å². The maximum absolute atomic E-state index is 12.7. The summed E-state index contributed by atoms with van der Waals surface area (Å²) in [4.78, 5) is 14.7. The highest BCUT2D eigenvalue weighted by Crippen LogP contribution is 2.19. The fourth-order valence-corrected chi connectivity index (χ4v) is 2.70. The van der Waals surface area contributed by atoms with E-state index >= 15 is 0 Å². The molecule has 1 atom stereocenters. The lowest BCUT2D eigenvalue weighted by molar-refractivity contribution is -0.135. The van der Waals surface area contributed by atoms with E-state index in [4.69, 9.17) is 0 Å². The minimum absolute atomic E-state index is 0.0149. The molecule has 1 fully saturated rings. The molecule has 1 N–H and O–H groups in total. The summed E-state index contributed by atoms with van der Waals surface area (Å²) in [5.74, 6) is 0.251. The molecule has 0 spiro atoms. The number of nitrogens with one attached hydrogen (secondary N) is 1. The van der Waals surface area contributed by atoms with Crippen LogP contribution in [0.15, 0.2) is 30.3 Å². The van der Waals surface area contributed by atoms with Crippen molar-refractivity contribution in [2.24, 2.45) is 5.41 Å². The van der Waals surface area contributed by atoms with Gasteiger partial charge in [0.25, 0.3) is 0 Å². The summed E-state index contributed by atoms with van der Waals surface area (Å²) in [5, 5.41) is 3.32. The van der Waals surface area contributed by atoms with Gasteiger partial charge >= 0.3 is 0 Å². The maximum atomic E-state index is 12.7. The first-order chi connectivity index (χ1) is 9.46. The summed E-state index contributed by atoms with van der Waals surface area (Å²) in [7, 11) is 0. The SMILES string of the molecule is CC(C)(C)CN(Cc1ccccc1)C(=O)C1CCCN1. The van der Waals surface area contributed by atoms with Crippen molar-refractivity contribution in [2.75, 3.05) is 13.1 Å². The van der Waals surface area contributed by atoms with Crippen LogP contribution in [0, 0.1) is 5.41 Å². The molecule has 1 aliphatic rings. The van der Waals surface area contributed by atoms with E-state index in [1.54, 1.807) is 0 Å². The fraction of sp³-hybridized carbons (Fsp3) is 0.588. The lowest BCUT2D eigenvalue weighted by atomic mass is 9.95. The average Bonchev–Trinajstić information content (AvgIpc) is 2.90. The van der Waals surface area contributed by atoms with Crippen molar-refractivity contribution in [1.82, 2.24) is 10.2 Å². The molecule has 0 bridgehead atoms. The largest absolute Gasteiger partial charge is 0.336 e. The number of rotatable bonds is 4. The normalized spacial score (nSPS) is 19.1. The molecular weight excluding hydrogens is 248 g/mol. The van der Waals surface area contributed by atoms with Gasteiger partial charge in [-0.1, -0.05) is 51.1 Å². The van der Waals surface area contributed by atoms with Crippen molar-refractivity contribution in [3.63, 3.8) is 0 Å². The summed E-state index contributed by atoms with van der Waals surface area (Å²) in [5.41, 5.74) is 1.31. The molecule has 1 aliphatic heterocycles. The Balaban J connectivity index is 2.09. The molecule has 110 valence electrons. The van der Waals surface area contributed by atoms with Crippen LogP contribution in [0.1, 0.15) is 39.2 Å². The molecular formula is C17H26N2O. The quantitative estimate of drug-likeness (QED) is 0.915. The maximum Gasteiger partial charge on any atom is 0.240 e. The Labute approximate surface area is 122 Å². The number of hydrogen-bond acceptors (Lipinski definition) is 2. The molecule has 3 nitrogen and oxygen atoms in total. The van der Waals surface area contributed by atoms with E-state index in [2.05, 4.69) is 38.2 Å². The van der Waals surface area contributed by atoms with Crippen LogP contribution in [-0.2, 0) is 11.3 Å². The van der Waals surface area contributed by atoms with Gasteiger partial charge in [0, 0.05) is 13.1 Å². The van der Waals surface area contributed by atoms with Gasteiger partial charge in [-0.25, -0.2) is 0 Å². The number of hydrogen-bond donors (Lipinski definition) is 1. The Kier molecular flexibility index (Phi) is 4.81. The van der Waals surface area contributed by atoms with Crippen LogP contribution in [0.4, 0.5) is 0 Å². The Bertz CT molecular complexity index is 430. The fourth-order valence-electron chi connectivity index (χ4n) is 2.70. The highest BCUT2D eigenvalue weighted by Gasteiger charge is 2.29. The Morgan fingerprint density at radius 2 is 2.00 bits per heavy atom. The third-order valence-electron chi connectivity index (χ3n) is 3.55. The van der Waals surface area contributed by atoms with Gasteiger partial charge in [-0.2, -0.15) is 0 Å². The Morgan fingerprint density at radius 1 is 1.30 bits per heavy atom. The molecule has 1 aromatic rings. The highest BCUT2D eigenvalue weighted by atomic mass is 16.2. The molecule has 1 amide bonds. The zero-order valence-corrected chi connectivity index (χ0v) is 12.9.